The van der Waals surface area contributed by atoms with E-state index in [4.69, 9.17) is 0 Å². The standard InChI is InChI=1S/C13H13FN2O2S/c1-2-19-7-10-15-12(17)11(13(18)16-10)8-3-5-9(14)6-4-8/h3-6H,2,7H2,1H3,(H2,15,16,17,18). The summed E-state index contributed by atoms with van der Waals surface area (Å²) >= 11 is 1.59. The van der Waals surface area contributed by atoms with Gasteiger partial charge in [-0.15, -0.1) is 0 Å². The van der Waals surface area contributed by atoms with Gasteiger partial charge < -0.3 is 10.1 Å². The van der Waals surface area contributed by atoms with Gasteiger partial charge in [0, 0.05) is 0 Å². The number of aromatic hydroxyl groups is 1. The van der Waals surface area contributed by atoms with E-state index in [1.165, 1.54) is 24.3 Å². The zero-order chi connectivity index (χ0) is 13.8. The van der Waals surface area contributed by atoms with Crippen LogP contribution in [0.2, 0.25) is 0 Å². The summed E-state index contributed by atoms with van der Waals surface area (Å²) in [7, 11) is 0. The first-order chi connectivity index (χ1) is 9.11. The van der Waals surface area contributed by atoms with Crippen LogP contribution >= 0.6 is 11.8 Å². The van der Waals surface area contributed by atoms with E-state index in [1.807, 2.05) is 6.92 Å². The summed E-state index contributed by atoms with van der Waals surface area (Å²) in [6.45, 7) is 2.00. The van der Waals surface area contributed by atoms with E-state index >= 15 is 0 Å². The molecule has 1 aromatic carbocycles. The van der Waals surface area contributed by atoms with Gasteiger partial charge in [0.25, 0.3) is 5.56 Å². The Hall–Kier alpha value is -1.82. The van der Waals surface area contributed by atoms with Crippen LogP contribution in [-0.2, 0) is 5.75 Å². The lowest BCUT2D eigenvalue weighted by Gasteiger charge is -2.05. The molecule has 1 aromatic heterocycles. The lowest BCUT2D eigenvalue weighted by Crippen LogP contribution is -2.13. The van der Waals surface area contributed by atoms with Gasteiger partial charge >= 0.3 is 0 Å². The third kappa shape index (κ3) is 3.14. The van der Waals surface area contributed by atoms with Gasteiger partial charge in [-0.05, 0) is 23.4 Å². The summed E-state index contributed by atoms with van der Waals surface area (Å²) in [6, 6.07) is 5.33. The van der Waals surface area contributed by atoms with Gasteiger partial charge in [-0.2, -0.15) is 16.7 Å². The smallest absolute Gasteiger partial charge is 0.262 e. The molecule has 2 N–H and O–H groups in total. The number of aromatic nitrogens is 2. The van der Waals surface area contributed by atoms with Crippen molar-refractivity contribution in [1.29, 1.82) is 0 Å². The van der Waals surface area contributed by atoms with Crippen molar-refractivity contribution < 1.29 is 9.50 Å². The first-order valence-electron chi connectivity index (χ1n) is 5.77. The summed E-state index contributed by atoms with van der Waals surface area (Å²) in [5.74, 6) is 1.12. The molecule has 0 aliphatic carbocycles. The second-order valence-electron chi connectivity index (χ2n) is 3.86. The molecular weight excluding hydrogens is 267 g/mol. The number of nitrogens with zero attached hydrogens (tertiary/aromatic N) is 1. The Kier molecular flexibility index (Phi) is 4.21. The third-order valence-electron chi connectivity index (χ3n) is 2.53. The van der Waals surface area contributed by atoms with Crippen LogP contribution in [0.4, 0.5) is 4.39 Å². The van der Waals surface area contributed by atoms with Crippen LogP contribution in [0.3, 0.4) is 0 Å². The van der Waals surface area contributed by atoms with Gasteiger partial charge in [0.1, 0.15) is 17.2 Å². The highest BCUT2D eigenvalue weighted by Crippen LogP contribution is 2.23. The lowest BCUT2D eigenvalue weighted by atomic mass is 10.1. The highest BCUT2D eigenvalue weighted by atomic mass is 32.2. The lowest BCUT2D eigenvalue weighted by molar-refractivity contribution is 0.451. The van der Waals surface area contributed by atoms with Crippen LogP contribution in [0.15, 0.2) is 29.1 Å². The van der Waals surface area contributed by atoms with Crippen LogP contribution in [0.25, 0.3) is 11.1 Å². The van der Waals surface area contributed by atoms with Crippen molar-refractivity contribution in [3.63, 3.8) is 0 Å². The van der Waals surface area contributed by atoms with Gasteiger partial charge in [-0.3, -0.25) is 4.79 Å². The van der Waals surface area contributed by atoms with Gasteiger partial charge in [0.2, 0.25) is 5.88 Å². The molecule has 0 spiro atoms. The van der Waals surface area contributed by atoms with Crippen molar-refractivity contribution in [2.24, 2.45) is 0 Å². The Morgan fingerprint density at radius 3 is 2.63 bits per heavy atom. The molecule has 0 aliphatic heterocycles. The predicted molar refractivity (Wildman–Crippen MR) is 73.8 cm³/mol. The molecule has 0 saturated heterocycles. The average molecular weight is 280 g/mol. The number of H-pyrrole nitrogens is 1. The van der Waals surface area contributed by atoms with E-state index in [-0.39, 0.29) is 11.4 Å². The second kappa shape index (κ2) is 5.88. The van der Waals surface area contributed by atoms with E-state index < -0.39 is 11.4 Å². The summed E-state index contributed by atoms with van der Waals surface area (Å²) in [6.07, 6.45) is 0. The largest absolute Gasteiger partial charge is 0.493 e. The van der Waals surface area contributed by atoms with Crippen LogP contribution in [0.5, 0.6) is 5.88 Å². The number of halogens is 1. The van der Waals surface area contributed by atoms with E-state index in [0.29, 0.717) is 17.1 Å². The van der Waals surface area contributed by atoms with E-state index in [0.717, 1.165) is 5.75 Å². The Labute approximate surface area is 113 Å². The van der Waals surface area contributed by atoms with Gasteiger partial charge in [0.15, 0.2) is 0 Å². The molecule has 6 heteroatoms. The number of benzene rings is 1. The van der Waals surface area contributed by atoms with Crippen LogP contribution < -0.4 is 5.56 Å². The topological polar surface area (TPSA) is 66.0 Å². The number of hydrogen-bond donors (Lipinski definition) is 2. The minimum atomic E-state index is -0.425. The maximum absolute atomic E-state index is 12.8. The molecule has 0 aliphatic rings. The minimum absolute atomic E-state index is 0.0604. The number of rotatable bonds is 4. The minimum Gasteiger partial charge on any atom is -0.493 e. The maximum atomic E-state index is 12.8. The summed E-state index contributed by atoms with van der Waals surface area (Å²) in [5, 5.41) is 9.86. The maximum Gasteiger partial charge on any atom is 0.262 e. The molecule has 1 heterocycles. The fourth-order valence-corrected chi connectivity index (χ4v) is 2.18. The quantitative estimate of drug-likeness (QED) is 0.903. The molecule has 0 bridgehead atoms. The normalized spacial score (nSPS) is 10.6. The van der Waals surface area contributed by atoms with E-state index in [9.17, 15) is 14.3 Å². The molecular formula is C13H13FN2O2S. The fraction of sp³-hybridized carbons (Fsp3) is 0.231. The molecule has 0 saturated carbocycles. The van der Waals surface area contributed by atoms with E-state index in [2.05, 4.69) is 9.97 Å². The molecule has 0 fully saturated rings. The van der Waals surface area contributed by atoms with Gasteiger partial charge in [-0.25, -0.2) is 4.39 Å². The molecule has 2 aromatic rings. The molecule has 0 atom stereocenters. The highest BCUT2D eigenvalue weighted by molar-refractivity contribution is 7.98. The number of hydrogen-bond acceptors (Lipinski definition) is 4. The number of thioether (sulfide) groups is 1. The third-order valence-corrected chi connectivity index (χ3v) is 3.41. The number of aromatic amines is 1. The Morgan fingerprint density at radius 1 is 1.37 bits per heavy atom. The van der Waals surface area contributed by atoms with Crippen molar-refractivity contribution >= 4 is 11.8 Å². The molecule has 0 amide bonds. The van der Waals surface area contributed by atoms with Crippen molar-refractivity contribution in [3.8, 4) is 17.0 Å². The van der Waals surface area contributed by atoms with Crippen molar-refractivity contribution in [2.75, 3.05) is 5.75 Å². The molecule has 19 heavy (non-hydrogen) atoms. The van der Waals surface area contributed by atoms with Gasteiger partial charge in [0.05, 0.1) is 5.75 Å². The van der Waals surface area contributed by atoms with Crippen LogP contribution in [0.1, 0.15) is 12.7 Å². The fourth-order valence-electron chi connectivity index (χ4n) is 1.65. The molecule has 100 valence electrons. The van der Waals surface area contributed by atoms with Gasteiger partial charge in [-0.1, -0.05) is 19.1 Å². The van der Waals surface area contributed by atoms with E-state index in [1.54, 1.807) is 11.8 Å². The SMILES string of the molecule is CCSCc1nc(O)c(-c2ccc(F)cc2)c(=O)[nH]1. The predicted octanol–water partition coefficient (Wildman–Crippen LogP) is 2.53. The Balaban J connectivity index is 2.42. The molecule has 0 unspecified atom stereocenters. The zero-order valence-corrected chi connectivity index (χ0v) is 11.1. The Bertz CT molecular complexity index is 626. The highest BCUT2D eigenvalue weighted by Gasteiger charge is 2.12. The van der Waals surface area contributed by atoms with Crippen LogP contribution in [-0.4, -0.2) is 20.8 Å². The summed E-state index contributed by atoms with van der Waals surface area (Å²) in [5.41, 5.74) is 0.0680. The summed E-state index contributed by atoms with van der Waals surface area (Å²) in [4.78, 5) is 18.5. The molecule has 4 nitrogen and oxygen atoms in total. The zero-order valence-electron chi connectivity index (χ0n) is 10.3. The van der Waals surface area contributed by atoms with Crippen molar-refractivity contribution in [2.45, 2.75) is 12.7 Å². The van der Waals surface area contributed by atoms with Crippen molar-refractivity contribution in [3.05, 3.63) is 46.3 Å². The second-order valence-corrected chi connectivity index (χ2v) is 5.13. The molecule has 0 radical (unpaired) electrons. The number of nitrogens with one attached hydrogen (secondary N) is 1. The Morgan fingerprint density at radius 2 is 2.05 bits per heavy atom. The first kappa shape index (κ1) is 13.6. The molecule has 2 rings (SSSR count). The van der Waals surface area contributed by atoms with Crippen molar-refractivity contribution in [1.82, 2.24) is 9.97 Å². The monoisotopic (exact) mass is 280 g/mol. The summed E-state index contributed by atoms with van der Waals surface area (Å²) < 4.78 is 12.8. The average Bonchev–Trinajstić information content (AvgIpc) is 2.38. The van der Waals surface area contributed by atoms with Crippen LogP contribution in [0, 0.1) is 5.82 Å². The first-order valence-corrected chi connectivity index (χ1v) is 6.93.